The summed E-state index contributed by atoms with van der Waals surface area (Å²) in [6.45, 7) is 0.475. The lowest BCUT2D eigenvalue weighted by Crippen LogP contribution is -2.56. The van der Waals surface area contributed by atoms with Crippen molar-refractivity contribution in [3.8, 4) is 11.5 Å². The summed E-state index contributed by atoms with van der Waals surface area (Å²) in [7, 11) is 0. The summed E-state index contributed by atoms with van der Waals surface area (Å²) in [4.78, 5) is 18.8. The number of amides is 1. The van der Waals surface area contributed by atoms with Gasteiger partial charge in [0.25, 0.3) is 5.91 Å². The van der Waals surface area contributed by atoms with E-state index in [2.05, 4.69) is 15.2 Å². The van der Waals surface area contributed by atoms with Gasteiger partial charge in [0.05, 0.1) is 30.4 Å². The van der Waals surface area contributed by atoms with Gasteiger partial charge in [0, 0.05) is 12.7 Å². The third-order valence-electron chi connectivity index (χ3n) is 5.45. The molecule has 2 atom stereocenters. The maximum atomic E-state index is 14.6. The Kier molecular flexibility index (Phi) is 4.50. The number of hydrogen-bond donors (Lipinski definition) is 0. The van der Waals surface area contributed by atoms with Crippen LogP contribution in [0.3, 0.4) is 0 Å². The molecule has 1 saturated heterocycles. The molecule has 1 aromatic carbocycles. The standard InChI is InChI=1S/C20H15F4N5O2/c21-16-12(4-3-5-13(16)20(22,23)24)19(30)29-11-8-28-17(14-6-1-2-7-25-14)26-27-18(28)15(29)10-31-9-11/h1-7,11,15H,8-10H2. The van der Waals surface area contributed by atoms with Crippen molar-refractivity contribution in [1.82, 2.24) is 24.6 Å². The zero-order valence-corrected chi connectivity index (χ0v) is 15.9. The minimum atomic E-state index is -4.90. The number of nitrogens with zero attached hydrogens (tertiary/aromatic N) is 5. The van der Waals surface area contributed by atoms with Crippen molar-refractivity contribution in [3.05, 3.63) is 65.4 Å². The van der Waals surface area contributed by atoms with E-state index in [1.54, 1.807) is 18.3 Å². The molecule has 2 unspecified atom stereocenters. The summed E-state index contributed by atoms with van der Waals surface area (Å²) in [6.07, 6.45) is -3.28. The van der Waals surface area contributed by atoms with Crippen molar-refractivity contribution in [3.63, 3.8) is 0 Å². The molecule has 2 aromatic heterocycles. The SMILES string of the molecule is O=C(c1cccc(C(F)(F)F)c1F)N1C2COCC1c1nnc(-c3ccccn3)n1C2. The van der Waals surface area contributed by atoms with Gasteiger partial charge in [-0.05, 0) is 24.3 Å². The van der Waals surface area contributed by atoms with Gasteiger partial charge >= 0.3 is 6.18 Å². The van der Waals surface area contributed by atoms with Gasteiger partial charge in [0.15, 0.2) is 11.6 Å². The fourth-order valence-electron chi connectivity index (χ4n) is 4.07. The van der Waals surface area contributed by atoms with E-state index in [1.807, 2.05) is 10.6 Å². The lowest BCUT2D eigenvalue weighted by Gasteiger charge is -2.45. The van der Waals surface area contributed by atoms with Crippen molar-refractivity contribution in [2.24, 2.45) is 0 Å². The number of hydrogen-bond acceptors (Lipinski definition) is 5. The first-order valence-electron chi connectivity index (χ1n) is 9.47. The third-order valence-corrected chi connectivity index (χ3v) is 5.45. The fraction of sp³-hybridized carbons (Fsp3) is 0.300. The predicted octanol–water partition coefficient (Wildman–Crippen LogP) is 3.09. The van der Waals surface area contributed by atoms with Crippen LogP contribution in [0.4, 0.5) is 17.6 Å². The number of rotatable bonds is 2. The smallest absolute Gasteiger partial charge is 0.377 e. The van der Waals surface area contributed by atoms with Gasteiger partial charge in [-0.2, -0.15) is 13.2 Å². The average Bonchev–Trinajstić information content (AvgIpc) is 3.16. The van der Waals surface area contributed by atoms with Crippen molar-refractivity contribution in [2.45, 2.75) is 24.8 Å². The van der Waals surface area contributed by atoms with E-state index in [1.165, 1.54) is 4.90 Å². The highest BCUT2D eigenvalue weighted by Crippen LogP contribution is 2.37. The number of aromatic nitrogens is 4. The molecule has 2 bridgehead atoms. The van der Waals surface area contributed by atoms with Gasteiger partial charge in [0.2, 0.25) is 0 Å². The highest BCUT2D eigenvalue weighted by atomic mass is 19.4. The third kappa shape index (κ3) is 3.16. The van der Waals surface area contributed by atoms with Crippen LogP contribution in [-0.4, -0.2) is 49.8 Å². The van der Waals surface area contributed by atoms with Gasteiger partial charge in [-0.15, -0.1) is 10.2 Å². The lowest BCUT2D eigenvalue weighted by molar-refractivity contribution is -0.140. The molecular formula is C20H15F4N5O2. The number of alkyl halides is 3. The zero-order chi connectivity index (χ0) is 21.8. The summed E-state index contributed by atoms with van der Waals surface area (Å²) in [5, 5.41) is 8.38. The number of pyridine rings is 1. The van der Waals surface area contributed by atoms with Crippen LogP contribution in [0.5, 0.6) is 0 Å². The number of fused-ring (bicyclic) bond motifs is 4. The van der Waals surface area contributed by atoms with Gasteiger partial charge in [-0.3, -0.25) is 9.78 Å². The van der Waals surface area contributed by atoms with Crippen molar-refractivity contribution >= 4 is 5.91 Å². The summed E-state index contributed by atoms with van der Waals surface area (Å²) < 4.78 is 61.4. The summed E-state index contributed by atoms with van der Waals surface area (Å²) in [5.74, 6) is -1.49. The molecule has 0 N–H and O–H groups in total. The highest BCUT2D eigenvalue weighted by Gasteiger charge is 2.45. The average molecular weight is 433 g/mol. The number of ether oxygens (including phenoxy) is 1. The van der Waals surface area contributed by atoms with Crippen LogP contribution in [0.25, 0.3) is 11.5 Å². The molecule has 31 heavy (non-hydrogen) atoms. The van der Waals surface area contributed by atoms with Crippen LogP contribution in [0.15, 0.2) is 42.6 Å². The van der Waals surface area contributed by atoms with Crippen molar-refractivity contribution in [1.29, 1.82) is 0 Å². The Labute approximate surface area is 173 Å². The molecule has 1 amide bonds. The first kappa shape index (κ1) is 19.6. The molecule has 7 nitrogen and oxygen atoms in total. The molecule has 0 saturated carbocycles. The molecule has 2 aliphatic rings. The molecule has 5 rings (SSSR count). The Morgan fingerprint density at radius 1 is 1.10 bits per heavy atom. The summed E-state index contributed by atoms with van der Waals surface area (Å²) in [6, 6.07) is 6.82. The van der Waals surface area contributed by atoms with Gasteiger partial charge in [-0.1, -0.05) is 12.1 Å². The zero-order valence-electron chi connectivity index (χ0n) is 15.9. The molecule has 0 aliphatic carbocycles. The van der Waals surface area contributed by atoms with E-state index in [0.29, 0.717) is 23.4 Å². The monoisotopic (exact) mass is 433 g/mol. The quantitative estimate of drug-likeness (QED) is 0.581. The largest absolute Gasteiger partial charge is 0.419 e. The predicted molar refractivity (Wildman–Crippen MR) is 98.2 cm³/mol. The van der Waals surface area contributed by atoms with Crippen LogP contribution < -0.4 is 0 Å². The van der Waals surface area contributed by atoms with Gasteiger partial charge < -0.3 is 14.2 Å². The number of halogens is 4. The summed E-state index contributed by atoms with van der Waals surface area (Å²) in [5.41, 5.74) is -1.51. The van der Waals surface area contributed by atoms with E-state index >= 15 is 0 Å². The van der Waals surface area contributed by atoms with E-state index in [9.17, 15) is 22.4 Å². The van der Waals surface area contributed by atoms with Crippen LogP contribution in [0.2, 0.25) is 0 Å². The Hall–Kier alpha value is -3.34. The topological polar surface area (TPSA) is 73.1 Å². The lowest BCUT2D eigenvalue weighted by atomic mass is 10.0. The van der Waals surface area contributed by atoms with Crippen LogP contribution >= 0.6 is 0 Å². The molecule has 11 heteroatoms. The minimum absolute atomic E-state index is 0.0726. The number of benzene rings is 1. The van der Waals surface area contributed by atoms with Crippen LogP contribution in [-0.2, 0) is 17.5 Å². The molecule has 3 aromatic rings. The molecular weight excluding hydrogens is 418 g/mol. The second-order valence-electron chi connectivity index (χ2n) is 7.29. The second-order valence-corrected chi connectivity index (χ2v) is 7.29. The van der Waals surface area contributed by atoms with Crippen LogP contribution in [0.1, 0.15) is 27.8 Å². The molecule has 1 fully saturated rings. The Morgan fingerprint density at radius 2 is 1.94 bits per heavy atom. The first-order chi connectivity index (χ1) is 14.9. The molecule has 4 heterocycles. The summed E-state index contributed by atoms with van der Waals surface area (Å²) >= 11 is 0. The second kappa shape index (κ2) is 7.12. The van der Waals surface area contributed by atoms with Gasteiger partial charge in [-0.25, -0.2) is 4.39 Å². The minimum Gasteiger partial charge on any atom is -0.377 e. The van der Waals surface area contributed by atoms with E-state index in [-0.39, 0.29) is 19.8 Å². The molecule has 0 radical (unpaired) electrons. The van der Waals surface area contributed by atoms with Crippen LogP contribution in [0, 0.1) is 5.82 Å². The van der Waals surface area contributed by atoms with E-state index in [0.717, 1.165) is 12.1 Å². The number of morpholine rings is 1. The molecule has 0 spiro atoms. The normalized spacial score (nSPS) is 20.5. The van der Waals surface area contributed by atoms with E-state index in [4.69, 9.17) is 4.74 Å². The Morgan fingerprint density at radius 3 is 2.68 bits per heavy atom. The molecule has 160 valence electrons. The Bertz CT molecular complexity index is 1150. The Balaban J connectivity index is 1.55. The number of carbonyl (C=O) groups is 1. The number of carbonyl (C=O) groups excluding carboxylic acids is 1. The van der Waals surface area contributed by atoms with Crippen molar-refractivity contribution < 1.29 is 27.1 Å². The molecule has 2 aliphatic heterocycles. The fourth-order valence-corrected chi connectivity index (χ4v) is 4.07. The first-order valence-corrected chi connectivity index (χ1v) is 9.47. The van der Waals surface area contributed by atoms with Crippen molar-refractivity contribution in [2.75, 3.05) is 13.2 Å². The van der Waals surface area contributed by atoms with E-state index < -0.39 is 41.1 Å². The van der Waals surface area contributed by atoms with Gasteiger partial charge in [0.1, 0.15) is 17.6 Å². The maximum Gasteiger partial charge on any atom is 0.419 e. The maximum absolute atomic E-state index is 14.6. The highest BCUT2D eigenvalue weighted by molar-refractivity contribution is 5.95.